The molecule has 0 saturated heterocycles. The average molecular weight is 449 g/mol. The summed E-state index contributed by atoms with van der Waals surface area (Å²) in [6.45, 7) is 0. The summed E-state index contributed by atoms with van der Waals surface area (Å²) >= 11 is 0. The molecule has 1 amide bonds. The van der Waals surface area contributed by atoms with Gasteiger partial charge in [0, 0.05) is 35.0 Å². The first-order valence-corrected chi connectivity index (χ1v) is 9.60. The quantitative estimate of drug-likeness (QED) is 0.452. The average Bonchev–Trinajstić information content (AvgIpc) is 2.74. The predicted molar refractivity (Wildman–Crippen MR) is 118 cm³/mol. The molecule has 0 aliphatic rings. The molecule has 7 nitrogen and oxygen atoms in total. The Balaban J connectivity index is 1.59. The minimum Gasteiger partial charge on any atom is -0.421 e. The van der Waals surface area contributed by atoms with Crippen molar-refractivity contribution in [2.24, 2.45) is 0 Å². The number of benzene rings is 2. The summed E-state index contributed by atoms with van der Waals surface area (Å²) < 4.78 is 43.7. The van der Waals surface area contributed by atoms with Gasteiger partial charge in [-0.1, -0.05) is 23.7 Å². The van der Waals surface area contributed by atoms with Crippen LogP contribution >= 0.6 is 0 Å². The van der Waals surface area contributed by atoms with Gasteiger partial charge in [-0.2, -0.15) is 18.2 Å². The lowest BCUT2D eigenvalue weighted by Crippen LogP contribution is -2.20. The highest BCUT2D eigenvalue weighted by Gasteiger charge is 2.27. The molecule has 3 N–H and O–H groups in total. The molecule has 2 radical (unpaired) electrons. The fraction of sp³-hybridized carbons (Fsp3) is 0.0909. The number of nitrogens with one attached hydrogen (secondary N) is 1. The summed E-state index contributed by atoms with van der Waals surface area (Å²) in [5.74, 6) is -0.0685. The van der Waals surface area contributed by atoms with E-state index in [-0.39, 0.29) is 40.0 Å². The number of carbonyl (C=O) groups is 1. The van der Waals surface area contributed by atoms with E-state index in [0.29, 0.717) is 10.9 Å². The second kappa shape index (κ2) is 8.77. The Morgan fingerprint density at radius 3 is 2.61 bits per heavy atom. The number of anilines is 2. The zero-order valence-corrected chi connectivity index (χ0v) is 16.9. The van der Waals surface area contributed by atoms with Crippen LogP contribution in [0.2, 0.25) is 0 Å². The van der Waals surface area contributed by atoms with Gasteiger partial charge in [-0.3, -0.25) is 4.79 Å². The van der Waals surface area contributed by atoms with Crippen molar-refractivity contribution >= 4 is 41.8 Å². The highest BCUT2D eigenvalue weighted by atomic mass is 19.4. The number of rotatable bonds is 5. The van der Waals surface area contributed by atoms with Crippen molar-refractivity contribution in [3.05, 3.63) is 71.9 Å². The number of fused-ring (bicyclic) bond motifs is 1. The van der Waals surface area contributed by atoms with Crippen LogP contribution in [0.1, 0.15) is 15.9 Å². The Morgan fingerprint density at radius 1 is 1.06 bits per heavy atom. The summed E-state index contributed by atoms with van der Waals surface area (Å²) in [6.07, 6.45) is -4.07. The second-order valence-electron chi connectivity index (χ2n) is 7.04. The Morgan fingerprint density at radius 2 is 1.85 bits per heavy atom. The van der Waals surface area contributed by atoms with Crippen molar-refractivity contribution < 1.29 is 22.7 Å². The molecule has 0 atom stereocenters. The molecule has 2 heterocycles. The molecule has 0 bridgehead atoms. The van der Waals surface area contributed by atoms with Crippen LogP contribution in [-0.2, 0) is 6.42 Å². The van der Waals surface area contributed by atoms with Crippen molar-refractivity contribution in [3.63, 3.8) is 0 Å². The molecular formula is C22H15BF3N5O2. The highest BCUT2D eigenvalue weighted by Crippen LogP contribution is 2.25. The SMILES string of the molecule is [B]c1ccc(CC(F)(F)F)cc1NC(=O)c1cccc2nc(Oc3ccnc(N)n3)ccc12. The van der Waals surface area contributed by atoms with Crippen LogP contribution in [0.3, 0.4) is 0 Å². The number of nitrogen functional groups attached to an aromatic ring is 1. The summed E-state index contributed by atoms with van der Waals surface area (Å²) in [5, 5.41) is 3.09. The summed E-state index contributed by atoms with van der Waals surface area (Å²) in [6, 6.07) is 13.4. The van der Waals surface area contributed by atoms with Crippen molar-refractivity contribution in [2.75, 3.05) is 11.1 Å². The normalized spacial score (nSPS) is 11.4. The number of hydrogen-bond acceptors (Lipinski definition) is 6. The van der Waals surface area contributed by atoms with Gasteiger partial charge in [-0.15, -0.1) is 0 Å². The molecule has 11 heteroatoms. The van der Waals surface area contributed by atoms with Crippen LogP contribution < -0.4 is 21.3 Å². The van der Waals surface area contributed by atoms with E-state index in [1.165, 1.54) is 30.5 Å². The molecule has 0 aliphatic heterocycles. The molecule has 2 aromatic heterocycles. The second-order valence-corrected chi connectivity index (χ2v) is 7.04. The number of carbonyl (C=O) groups excluding carboxylic acids is 1. The van der Waals surface area contributed by atoms with E-state index in [0.717, 1.165) is 0 Å². The monoisotopic (exact) mass is 449 g/mol. The van der Waals surface area contributed by atoms with E-state index in [4.69, 9.17) is 18.3 Å². The van der Waals surface area contributed by atoms with Gasteiger partial charge in [-0.25, -0.2) is 9.97 Å². The van der Waals surface area contributed by atoms with Crippen molar-refractivity contribution in [3.8, 4) is 11.8 Å². The molecule has 0 unspecified atom stereocenters. The minimum atomic E-state index is -4.38. The Hall–Kier alpha value is -4.15. The van der Waals surface area contributed by atoms with E-state index in [1.807, 2.05) is 0 Å². The molecule has 33 heavy (non-hydrogen) atoms. The summed E-state index contributed by atoms with van der Waals surface area (Å²) in [5.41, 5.74) is 6.48. The standard InChI is InChI=1S/C22H15BF3N5O2/c23-15-6-4-12(11-22(24,25)26)10-17(15)30-20(32)14-2-1-3-16-13(14)5-7-18(29-16)33-19-8-9-28-21(27)31-19/h1-10H,11H2,(H,30,32)(H2,27,28,31). The number of pyridine rings is 1. The van der Waals surface area contributed by atoms with Crippen LogP contribution in [0.15, 0.2) is 60.8 Å². The maximum absolute atomic E-state index is 12.9. The van der Waals surface area contributed by atoms with Crippen LogP contribution in [0.5, 0.6) is 11.8 Å². The van der Waals surface area contributed by atoms with Gasteiger partial charge in [0.25, 0.3) is 5.91 Å². The van der Waals surface area contributed by atoms with Gasteiger partial charge in [-0.05, 0) is 29.8 Å². The van der Waals surface area contributed by atoms with Crippen molar-refractivity contribution in [1.82, 2.24) is 15.0 Å². The number of halogens is 3. The third-order valence-corrected chi connectivity index (χ3v) is 4.58. The lowest BCUT2D eigenvalue weighted by atomic mass is 9.92. The molecule has 164 valence electrons. The number of ether oxygens (including phenoxy) is 1. The van der Waals surface area contributed by atoms with Crippen LogP contribution in [-0.4, -0.2) is 34.9 Å². The lowest BCUT2D eigenvalue weighted by Gasteiger charge is -2.13. The fourth-order valence-corrected chi connectivity index (χ4v) is 3.15. The first-order chi connectivity index (χ1) is 15.7. The highest BCUT2D eigenvalue weighted by molar-refractivity contribution is 6.36. The number of nitrogens with zero attached hydrogens (tertiary/aromatic N) is 3. The number of aromatic nitrogens is 3. The molecule has 0 saturated carbocycles. The molecular weight excluding hydrogens is 434 g/mol. The Kier molecular flexibility index (Phi) is 5.86. The molecule has 0 fully saturated rings. The maximum Gasteiger partial charge on any atom is 0.393 e. The van der Waals surface area contributed by atoms with E-state index >= 15 is 0 Å². The maximum atomic E-state index is 12.9. The lowest BCUT2D eigenvalue weighted by molar-refractivity contribution is -0.127. The van der Waals surface area contributed by atoms with E-state index in [1.54, 1.807) is 30.3 Å². The van der Waals surface area contributed by atoms with Gasteiger partial charge < -0.3 is 15.8 Å². The molecule has 0 aliphatic carbocycles. The van der Waals surface area contributed by atoms with E-state index in [2.05, 4.69) is 20.3 Å². The van der Waals surface area contributed by atoms with E-state index < -0.39 is 18.5 Å². The van der Waals surface area contributed by atoms with Crippen molar-refractivity contribution in [1.29, 1.82) is 0 Å². The van der Waals surface area contributed by atoms with Gasteiger partial charge >= 0.3 is 6.18 Å². The summed E-state index contributed by atoms with van der Waals surface area (Å²) in [4.78, 5) is 25.0. The minimum absolute atomic E-state index is 0.0151. The van der Waals surface area contributed by atoms with Gasteiger partial charge in [0.2, 0.25) is 17.7 Å². The molecule has 0 spiro atoms. The van der Waals surface area contributed by atoms with Gasteiger partial charge in [0.05, 0.1) is 11.9 Å². The van der Waals surface area contributed by atoms with Crippen LogP contribution in [0.4, 0.5) is 24.8 Å². The van der Waals surface area contributed by atoms with Crippen LogP contribution in [0.25, 0.3) is 10.9 Å². The molecule has 2 aromatic carbocycles. The van der Waals surface area contributed by atoms with Crippen LogP contribution in [0, 0.1) is 0 Å². The number of nitrogens with two attached hydrogens (primary N) is 1. The smallest absolute Gasteiger partial charge is 0.393 e. The third-order valence-electron chi connectivity index (χ3n) is 4.58. The first kappa shape index (κ1) is 22.1. The largest absolute Gasteiger partial charge is 0.421 e. The Labute approximate surface area is 187 Å². The molecule has 4 aromatic rings. The van der Waals surface area contributed by atoms with E-state index in [9.17, 15) is 18.0 Å². The zero-order chi connectivity index (χ0) is 23.6. The number of alkyl halides is 3. The Bertz CT molecular complexity index is 1350. The number of amides is 1. The zero-order valence-electron chi connectivity index (χ0n) is 16.9. The molecule has 4 rings (SSSR count). The topological polar surface area (TPSA) is 103 Å². The third kappa shape index (κ3) is 5.38. The first-order valence-electron chi connectivity index (χ1n) is 9.60. The van der Waals surface area contributed by atoms with Gasteiger partial charge in [0.15, 0.2) is 0 Å². The predicted octanol–water partition coefficient (Wildman–Crippen LogP) is 3.55. The fourth-order valence-electron chi connectivity index (χ4n) is 3.15. The van der Waals surface area contributed by atoms with Crippen molar-refractivity contribution in [2.45, 2.75) is 12.6 Å². The number of hydrogen-bond donors (Lipinski definition) is 2. The summed E-state index contributed by atoms with van der Waals surface area (Å²) in [7, 11) is 5.85. The van der Waals surface area contributed by atoms with Gasteiger partial charge in [0.1, 0.15) is 7.85 Å².